The summed E-state index contributed by atoms with van der Waals surface area (Å²) in [6.45, 7) is 4.16. The van der Waals surface area contributed by atoms with Gasteiger partial charge < -0.3 is 14.9 Å². The average molecular weight is 506 g/mol. The molecule has 1 unspecified atom stereocenters. The molecule has 4 aromatic rings. The number of benzene rings is 4. The van der Waals surface area contributed by atoms with Crippen LogP contribution in [0.25, 0.3) is 5.76 Å². The third-order valence-electron chi connectivity index (χ3n) is 6.63. The molecule has 2 N–H and O–H groups in total. The molecule has 0 saturated carbocycles. The summed E-state index contributed by atoms with van der Waals surface area (Å²) in [5, 5.41) is 22.0. The maximum atomic E-state index is 13.4. The highest BCUT2D eigenvalue weighted by Crippen LogP contribution is 2.45. The Morgan fingerprint density at radius 2 is 1.61 bits per heavy atom. The van der Waals surface area contributed by atoms with E-state index >= 15 is 0 Å². The summed E-state index contributed by atoms with van der Waals surface area (Å²) < 4.78 is 5.96. The van der Waals surface area contributed by atoms with Gasteiger partial charge >= 0.3 is 0 Å². The van der Waals surface area contributed by atoms with E-state index in [1.54, 1.807) is 42.5 Å². The standard InChI is InChI=1S/C32H27NO5/c1-20-9-8-12-23(17-20)29-28(31(36)32(37)33(29)25-13-6-7-14-26(25)34)30(35)24-15-16-27(21(2)18-24)38-19-22-10-4-3-5-11-22/h3-18,29,34-35H,19H2,1-2H3/b30-28-. The minimum atomic E-state index is -0.919. The zero-order chi connectivity index (χ0) is 26.8. The first-order valence-corrected chi connectivity index (χ1v) is 12.3. The van der Waals surface area contributed by atoms with Crippen molar-refractivity contribution in [2.24, 2.45) is 0 Å². The van der Waals surface area contributed by atoms with Gasteiger partial charge in [0.05, 0.1) is 17.3 Å². The molecule has 1 aliphatic rings. The van der Waals surface area contributed by atoms with Crippen LogP contribution in [0.5, 0.6) is 11.5 Å². The molecule has 0 bridgehead atoms. The number of phenolic OH excluding ortho intramolecular Hbond substituents is 1. The molecule has 1 fully saturated rings. The Labute approximate surface area is 221 Å². The van der Waals surface area contributed by atoms with Crippen molar-refractivity contribution >= 4 is 23.1 Å². The lowest BCUT2D eigenvalue weighted by Crippen LogP contribution is -2.29. The Hall–Kier alpha value is -4.84. The monoisotopic (exact) mass is 505 g/mol. The van der Waals surface area contributed by atoms with Gasteiger partial charge in [-0.15, -0.1) is 0 Å². The molecular formula is C32H27NO5. The molecule has 5 rings (SSSR count). The number of para-hydroxylation sites is 2. The van der Waals surface area contributed by atoms with Crippen molar-refractivity contribution in [2.75, 3.05) is 4.90 Å². The van der Waals surface area contributed by atoms with Gasteiger partial charge in [0.1, 0.15) is 23.9 Å². The molecule has 0 aromatic heterocycles. The second-order valence-electron chi connectivity index (χ2n) is 9.33. The van der Waals surface area contributed by atoms with Crippen molar-refractivity contribution in [2.45, 2.75) is 26.5 Å². The summed E-state index contributed by atoms with van der Waals surface area (Å²) in [5.41, 5.74) is 3.92. The summed E-state index contributed by atoms with van der Waals surface area (Å²) in [6, 6.07) is 27.8. The molecule has 0 aliphatic carbocycles. The minimum Gasteiger partial charge on any atom is -0.507 e. The molecule has 0 spiro atoms. The zero-order valence-corrected chi connectivity index (χ0v) is 21.1. The molecule has 190 valence electrons. The number of rotatable bonds is 6. The number of anilines is 1. The lowest BCUT2D eigenvalue weighted by molar-refractivity contribution is -0.132. The van der Waals surface area contributed by atoms with Gasteiger partial charge in [0.25, 0.3) is 11.7 Å². The number of Topliss-reactive ketones (excluding diaryl/α,β-unsaturated/α-hetero) is 1. The minimum absolute atomic E-state index is 0.0405. The SMILES string of the molecule is Cc1cccc(C2/C(=C(/O)c3ccc(OCc4ccccc4)c(C)c3)C(=O)C(=O)N2c2ccccc2O)c1. The van der Waals surface area contributed by atoms with Crippen molar-refractivity contribution < 1.29 is 24.5 Å². The van der Waals surface area contributed by atoms with E-state index in [0.29, 0.717) is 23.5 Å². The first kappa shape index (κ1) is 24.8. The van der Waals surface area contributed by atoms with E-state index < -0.39 is 17.7 Å². The average Bonchev–Trinajstić information content (AvgIpc) is 3.18. The number of carbonyl (C=O) groups excluding carboxylic acids is 2. The quantitative estimate of drug-likeness (QED) is 0.185. The highest BCUT2D eigenvalue weighted by Gasteiger charge is 2.47. The Bertz CT molecular complexity index is 1560. The van der Waals surface area contributed by atoms with E-state index in [4.69, 9.17) is 4.74 Å². The number of aromatic hydroxyl groups is 1. The summed E-state index contributed by atoms with van der Waals surface area (Å²) in [6.07, 6.45) is 0. The van der Waals surface area contributed by atoms with Crippen LogP contribution in [-0.2, 0) is 16.2 Å². The van der Waals surface area contributed by atoms with E-state index in [1.165, 1.54) is 11.0 Å². The van der Waals surface area contributed by atoms with E-state index in [-0.39, 0.29) is 22.8 Å². The van der Waals surface area contributed by atoms with Gasteiger partial charge in [-0.1, -0.05) is 72.3 Å². The predicted octanol–water partition coefficient (Wildman–Crippen LogP) is 6.21. The first-order chi connectivity index (χ1) is 18.3. The van der Waals surface area contributed by atoms with Gasteiger partial charge in [0.2, 0.25) is 0 Å². The fourth-order valence-corrected chi connectivity index (χ4v) is 4.75. The van der Waals surface area contributed by atoms with E-state index in [1.807, 2.05) is 62.4 Å². The molecular weight excluding hydrogens is 478 g/mol. The first-order valence-electron chi connectivity index (χ1n) is 12.3. The Balaban J connectivity index is 1.57. The number of aryl methyl sites for hydroxylation is 2. The number of ether oxygens (including phenoxy) is 1. The van der Waals surface area contributed by atoms with Gasteiger partial charge in [-0.2, -0.15) is 0 Å². The molecule has 38 heavy (non-hydrogen) atoms. The fraction of sp³-hybridized carbons (Fsp3) is 0.125. The molecule has 0 radical (unpaired) electrons. The number of aliphatic hydroxyl groups is 1. The summed E-state index contributed by atoms with van der Waals surface area (Å²) in [7, 11) is 0. The number of nitrogens with zero attached hydrogens (tertiary/aromatic N) is 1. The van der Waals surface area contributed by atoms with Gasteiger partial charge in [0.15, 0.2) is 0 Å². The van der Waals surface area contributed by atoms with Crippen LogP contribution in [0.4, 0.5) is 5.69 Å². The second-order valence-corrected chi connectivity index (χ2v) is 9.33. The zero-order valence-electron chi connectivity index (χ0n) is 21.1. The smallest absolute Gasteiger partial charge is 0.300 e. The maximum absolute atomic E-state index is 13.4. The van der Waals surface area contributed by atoms with Crippen molar-refractivity contribution in [3.63, 3.8) is 0 Å². The molecule has 1 amide bonds. The van der Waals surface area contributed by atoms with Crippen LogP contribution in [0.3, 0.4) is 0 Å². The predicted molar refractivity (Wildman–Crippen MR) is 146 cm³/mol. The molecule has 6 heteroatoms. The molecule has 1 atom stereocenters. The largest absolute Gasteiger partial charge is 0.507 e. The van der Waals surface area contributed by atoms with Crippen LogP contribution in [0.15, 0.2) is 103 Å². The van der Waals surface area contributed by atoms with E-state index in [9.17, 15) is 19.8 Å². The van der Waals surface area contributed by atoms with Crippen molar-refractivity contribution in [1.82, 2.24) is 0 Å². The lowest BCUT2D eigenvalue weighted by atomic mass is 9.93. The maximum Gasteiger partial charge on any atom is 0.300 e. The Morgan fingerprint density at radius 3 is 2.32 bits per heavy atom. The van der Waals surface area contributed by atoms with Crippen LogP contribution in [0.1, 0.15) is 33.9 Å². The lowest BCUT2D eigenvalue weighted by Gasteiger charge is -2.26. The summed E-state index contributed by atoms with van der Waals surface area (Å²) in [5.74, 6) is -1.41. The third-order valence-corrected chi connectivity index (χ3v) is 6.63. The number of aliphatic hydroxyl groups excluding tert-OH is 1. The van der Waals surface area contributed by atoms with Gasteiger partial charge in [0, 0.05) is 5.56 Å². The van der Waals surface area contributed by atoms with Gasteiger partial charge in [-0.05, 0) is 60.9 Å². The highest BCUT2D eigenvalue weighted by atomic mass is 16.5. The highest BCUT2D eigenvalue weighted by molar-refractivity contribution is 6.51. The van der Waals surface area contributed by atoms with E-state index in [0.717, 1.165) is 16.7 Å². The van der Waals surface area contributed by atoms with Crippen LogP contribution in [0.2, 0.25) is 0 Å². The normalized spacial score (nSPS) is 16.6. The van der Waals surface area contributed by atoms with Crippen molar-refractivity contribution in [3.05, 3.63) is 130 Å². The van der Waals surface area contributed by atoms with Crippen molar-refractivity contribution in [3.8, 4) is 11.5 Å². The molecule has 4 aromatic carbocycles. The Kier molecular flexibility index (Phi) is 6.71. The molecule has 6 nitrogen and oxygen atoms in total. The number of carbonyl (C=O) groups is 2. The van der Waals surface area contributed by atoms with Crippen LogP contribution in [0, 0.1) is 13.8 Å². The summed E-state index contributed by atoms with van der Waals surface area (Å²) in [4.78, 5) is 27.9. The number of hydrogen-bond donors (Lipinski definition) is 2. The van der Waals surface area contributed by atoms with Gasteiger partial charge in [-0.25, -0.2) is 0 Å². The number of hydrogen-bond acceptors (Lipinski definition) is 5. The van der Waals surface area contributed by atoms with Gasteiger partial charge in [-0.3, -0.25) is 14.5 Å². The van der Waals surface area contributed by atoms with Crippen LogP contribution >= 0.6 is 0 Å². The molecule has 1 saturated heterocycles. The number of phenols is 1. The fourth-order valence-electron chi connectivity index (χ4n) is 4.75. The van der Waals surface area contributed by atoms with E-state index in [2.05, 4.69) is 0 Å². The molecule has 1 aliphatic heterocycles. The van der Waals surface area contributed by atoms with Crippen LogP contribution < -0.4 is 9.64 Å². The Morgan fingerprint density at radius 1 is 0.868 bits per heavy atom. The van der Waals surface area contributed by atoms with Crippen LogP contribution in [-0.4, -0.2) is 21.9 Å². The molecule has 1 heterocycles. The number of amides is 1. The topological polar surface area (TPSA) is 87.1 Å². The van der Waals surface area contributed by atoms with Crippen molar-refractivity contribution in [1.29, 1.82) is 0 Å². The summed E-state index contributed by atoms with van der Waals surface area (Å²) >= 11 is 0. The second kappa shape index (κ2) is 10.3. The number of ketones is 1. The third kappa shape index (κ3) is 4.64.